The van der Waals surface area contributed by atoms with Gasteiger partial charge in [0.1, 0.15) is 0 Å². The minimum atomic E-state index is 0.250. The third-order valence-electron chi connectivity index (χ3n) is 2.31. The van der Waals surface area contributed by atoms with E-state index in [4.69, 9.17) is 0 Å². The van der Waals surface area contributed by atoms with Gasteiger partial charge in [0.05, 0.1) is 0 Å². The summed E-state index contributed by atoms with van der Waals surface area (Å²) in [5, 5.41) is 0. The topological polar surface area (TPSA) is 20.3 Å². The third-order valence-corrected chi connectivity index (χ3v) is 2.31. The average molecular weight is 155 g/mol. The highest BCUT2D eigenvalue weighted by molar-refractivity contribution is 5.79. The van der Waals surface area contributed by atoms with Crippen molar-refractivity contribution in [1.82, 2.24) is 4.90 Å². The van der Waals surface area contributed by atoms with Crippen molar-refractivity contribution in [2.45, 2.75) is 33.1 Å². The highest BCUT2D eigenvalue weighted by atomic mass is 16.2. The molecule has 1 atom stereocenters. The largest absolute Gasteiger partial charge is 0.342 e. The van der Waals surface area contributed by atoms with Crippen LogP contribution in [0.3, 0.4) is 0 Å². The summed E-state index contributed by atoms with van der Waals surface area (Å²) in [5.41, 5.74) is 0. The maximum atomic E-state index is 11.4. The van der Waals surface area contributed by atoms with Gasteiger partial charge in [-0.05, 0) is 12.8 Å². The molecular formula is C9H17NO. The van der Waals surface area contributed by atoms with Gasteiger partial charge in [0.2, 0.25) is 5.91 Å². The lowest BCUT2D eigenvalue weighted by molar-refractivity contribution is -0.138. The van der Waals surface area contributed by atoms with Crippen LogP contribution in [0.25, 0.3) is 0 Å². The van der Waals surface area contributed by atoms with E-state index >= 15 is 0 Å². The Hall–Kier alpha value is -0.530. The first kappa shape index (κ1) is 8.57. The van der Waals surface area contributed by atoms with Crippen molar-refractivity contribution >= 4 is 5.91 Å². The summed E-state index contributed by atoms with van der Waals surface area (Å²) in [6.45, 7) is 6.14. The van der Waals surface area contributed by atoms with Gasteiger partial charge in [0, 0.05) is 19.0 Å². The Balaban J connectivity index is 2.27. The molecule has 1 amide bonds. The molecule has 1 aliphatic heterocycles. The molecule has 0 radical (unpaired) electrons. The fourth-order valence-electron chi connectivity index (χ4n) is 1.40. The van der Waals surface area contributed by atoms with E-state index < -0.39 is 0 Å². The fraction of sp³-hybridized carbons (Fsp3) is 0.889. The Bertz CT molecular complexity index is 140. The highest BCUT2D eigenvalue weighted by Gasteiger charge is 2.23. The number of hydrogen-bond donors (Lipinski definition) is 0. The fourth-order valence-corrected chi connectivity index (χ4v) is 1.40. The van der Waals surface area contributed by atoms with Crippen LogP contribution in [0.5, 0.6) is 0 Å². The van der Waals surface area contributed by atoms with E-state index in [0.29, 0.717) is 5.91 Å². The standard InChI is InChI=1S/C9H17NO/c1-3-5-8(2)9(11)10-6-4-7-10/h8H,3-7H2,1-2H3. The molecule has 0 aliphatic carbocycles. The van der Waals surface area contributed by atoms with Crippen molar-refractivity contribution < 1.29 is 4.79 Å². The maximum absolute atomic E-state index is 11.4. The maximum Gasteiger partial charge on any atom is 0.225 e. The van der Waals surface area contributed by atoms with E-state index in [2.05, 4.69) is 6.92 Å². The lowest BCUT2D eigenvalue weighted by Crippen LogP contribution is -2.44. The van der Waals surface area contributed by atoms with Crippen LogP contribution in [0.2, 0.25) is 0 Å². The van der Waals surface area contributed by atoms with Crippen LogP contribution in [0.15, 0.2) is 0 Å². The minimum absolute atomic E-state index is 0.250. The van der Waals surface area contributed by atoms with Gasteiger partial charge in [-0.1, -0.05) is 20.3 Å². The molecule has 0 aromatic carbocycles. The molecule has 0 saturated carbocycles. The molecule has 2 heteroatoms. The Labute approximate surface area is 68.6 Å². The molecule has 1 fully saturated rings. The molecule has 1 heterocycles. The normalized spacial score (nSPS) is 19.3. The molecule has 64 valence electrons. The molecule has 1 aliphatic rings. The van der Waals surface area contributed by atoms with Crippen molar-refractivity contribution in [2.75, 3.05) is 13.1 Å². The lowest BCUT2D eigenvalue weighted by Gasteiger charge is -2.33. The number of amides is 1. The summed E-state index contributed by atoms with van der Waals surface area (Å²) in [6.07, 6.45) is 3.35. The zero-order chi connectivity index (χ0) is 8.27. The average Bonchev–Trinajstić information content (AvgIpc) is 1.84. The van der Waals surface area contributed by atoms with Crippen LogP contribution >= 0.6 is 0 Å². The number of rotatable bonds is 3. The number of nitrogens with zero attached hydrogens (tertiary/aromatic N) is 1. The molecular weight excluding hydrogens is 138 g/mol. The molecule has 1 unspecified atom stereocenters. The minimum Gasteiger partial charge on any atom is -0.342 e. The summed E-state index contributed by atoms with van der Waals surface area (Å²) in [7, 11) is 0. The summed E-state index contributed by atoms with van der Waals surface area (Å²) in [6, 6.07) is 0. The second-order valence-corrected chi connectivity index (χ2v) is 3.37. The van der Waals surface area contributed by atoms with Crippen LogP contribution in [-0.2, 0) is 4.79 Å². The van der Waals surface area contributed by atoms with E-state index in [0.717, 1.165) is 25.9 Å². The Morgan fingerprint density at radius 2 is 2.18 bits per heavy atom. The summed E-state index contributed by atoms with van der Waals surface area (Å²) in [5.74, 6) is 0.610. The predicted octanol–water partition coefficient (Wildman–Crippen LogP) is 1.65. The summed E-state index contributed by atoms with van der Waals surface area (Å²) in [4.78, 5) is 13.4. The second kappa shape index (κ2) is 3.74. The number of carbonyl (C=O) groups is 1. The van der Waals surface area contributed by atoms with Gasteiger partial charge in [-0.25, -0.2) is 0 Å². The zero-order valence-electron chi connectivity index (χ0n) is 7.47. The third kappa shape index (κ3) is 1.95. The van der Waals surface area contributed by atoms with E-state index in [1.807, 2.05) is 11.8 Å². The predicted molar refractivity (Wildman–Crippen MR) is 45.3 cm³/mol. The molecule has 0 bridgehead atoms. The summed E-state index contributed by atoms with van der Waals surface area (Å²) < 4.78 is 0. The van der Waals surface area contributed by atoms with Crippen molar-refractivity contribution in [1.29, 1.82) is 0 Å². The molecule has 1 saturated heterocycles. The number of likely N-dealkylation sites (tertiary alicyclic amines) is 1. The first-order valence-corrected chi connectivity index (χ1v) is 4.54. The van der Waals surface area contributed by atoms with Gasteiger partial charge in [0.25, 0.3) is 0 Å². The first-order chi connectivity index (χ1) is 5.25. The van der Waals surface area contributed by atoms with E-state index in [1.165, 1.54) is 6.42 Å². The monoisotopic (exact) mass is 155 g/mol. The van der Waals surface area contributed by atoms with Gasteiger partial charge >= 0.3 is 0 Å². The Morgan fingerprint density at radius 3 is 2.55 bits per heavy atom. The SMILES string of the molecule is CCCC(C)C(=O)N1CCC1. The molecule has 11 heavy (non-hydrogen) atoms. The van der Waals surface area contributed by atoms with Crippen LogP contribution in [0.1, 0.15) is 33.1 Å². The van der Waals surface area contributed by atoms with Gasteiger partial charge in [0.15, 0.2) is 0 Å². The molecule has 1 rings (SSSR count). The van der Waals surface area contributed by atoms with Gasteiger partial charge in [-0.2, -0.15) is 0 Å². The van der Waals surface area contributed by atoms with E-state index in [1.54, 1.807) is 0 Å². The second-order valence-electron chi connectivity index (χ2n) is 3.37. The van der Waals surface area contributed by atoms with Crippen molar-refractivity contribution in [3.8, 4) is 0 Å². The molecule has 2 nitrogen and oxygen atoms in total. The van der Waals surface area contributed by atoms with Crippen LogP contribution in [0.4, 0.5) is 0 Å². The van der Waals surface area contributed by atoms with Gasteiger partial charge in [-0.3, -0.25) is 4.79 Å². The molecule has 0 aromatic rings. The highest BCUT2D eigenvalue weighted by Crippen LogP contribution is 2.14. The summed E-state index contributed by atoms with van der Waals surface area (Å²) >= 11 is 0. The van der Waals surface area contributed by atoms with Gasteiger partial charge in [-0.15, -0.1) is 0 Å². The number of carbonyl (C=O) groups excluding carboxylic acids is 1. The smallest absolute Gasteiger partial charge is 0.225 e. The van der Waals surface area contributed by atoms with Crippen molar-refractivity contribution in [3.05, 3.63) is 0 Å². The first-order valence-electron chi connectivity index (χ1n) is 4.54. The Kier molecular flexibility index (Phi) is 2.92. The molecule has 0 aromatic heterocycles. The van der Waals surface area contributed by atoms with Crippen LogP contribution < -0.4 is 0 Å². The molecule has 0 spiro atoms. The molecule has 0 N–H and O–H groups in total. The van der Waals surface area contributed by atoms with Crippen molar-refractivity contribution in [3.63, 3.8) is 0 Å². The van der Waals surface area contributed by atoms with Gasteiger partial charge < -0.3 is 4.90 Å². The van der Waals surface area contributed by atoms with E-state index in [-0.39, 0.29) is 5.92 Å². The van der Waals surface area contributed by atoms with Crippen LogP contribution in [-0.4, -0.2) is 23.9 Å². The van der Waals surface area contributed by atoms with Crippen molar-refractivity contribution in [2.24, 2.45) is 5.92 Å². The zero-order valence-corrected chi connectivity index (χ0v) is 7.47. The lowest BCUT2D eigenvalue weighted by atomic mass is 10.0. The Morgan fingerprint density at radius 1 is 1.55 bits per heavy atom. The van der Waals surface area contributed by atoms with E-state index in [9.17, 15) is 4.79 Å². The van der Waals surface area contributed by atoms with Crippen LogP contribution in [0, 0.1) is 5.92 Å². The quantitative estimate of drug-likeness (QED) is 0.607. The number of hydrogen-bond acceptors (Lipinski definition) is 1.